The molecule has 1 aliphatic rings. The number of aromatic amines is 1. The second-order valence-corrected chi connectivity index (χ2v) is 7.66. The van der Waals surface area contributed by atoms with E-state index in [4.69, 9.17) is 12.2 Å². The number of aromatic nitrogens is 2. The number of hydrogen-bond donors (Lipinski definition) is 2. The third kappa shape index (κ3) is 4.02. The molecular formula is C22H22FN3O2S. The maximum Gasteiger partial charge on any atom is 0.272 e. The fourth-order valence-electron chi connectivity index (χ4n) is 3.88. The fraction of sp³-hybridized carbons (Fsp3) is 0.273. The van der Waals surface area contributed by atoms with E-state index in [1.165, 1.54) is 12.1 Å². The summed E-state index contributed by atoms with van der Waals surface area (Å²) in [6.45, 7) is 1.13. The summed E-state index contributed by atoms with van der Waals surface area (Å²) >= 11 is 5.33. The molecule has 2 N–H and O–H groups in total. The number of imidazole rings is 1. The average molecular weight is 412 g/mol. The van der Waals surface area contributed by atoms with Gasteiger partial charge in [-0.05, 0) is 60.8 Å². The zero-order valence-electron chi connectivity index (χ0n) is 15.8. The second kappa shape index (κ2) is 8.31. The molecule has 0 spiro atoms. The number of halogens is 1. The van der Waals surface area contributed by atoms with Crippen molar-refractivity contribution in [2.24, 2.45) is 5.92 Å². The number of H-pyrrole nitrogens is 1. The van der Waals surface area contributed by atoms with E-state index in [9.17, 15) is 14.3 Å². The maximum atomic E-state index is 13.3. The highest BCUT2D eigenvalue weighted by molar-refractivity contribution is 7.71. The summed E-state index contributed by atoms with van der Waals surface area (Å²) in [6, 6.07) is 15.5. The highest BCUT2D eigenvalue weighted by Gasteiger charge is 2.30. The van der Waals surface area contributed by atoms with Gasteiger partial charge in [0.2, 0.25) is 0 Å². The molecule has 29 heavy (non-hydrogen) atoms. The number of nitrogens with one attached hydrogen (secondary N) is 1. The molecule has 0 saturated carbocycles. The van der Waals surface area contributed by atoms with Crippen molar-refractivity contribution in [1.29, 1.82) is 0 Å². The Kier molecular flexibility index (Phi) is 5.60. The summed E-state index contributed by atoms with van der Waals surface area (Å²) in [7, 11) is 0. The molecule has 0 aliphatic carbocycles. The summed E-state index contributed by atoms with van der Waals surface area (Å²) in [4.78, 5) is 17.8. The van der Waals surface area contributed by atoms with E-state index in [1.807, 2.05) is 30.3 Å². The van der Waals surface area contributed by atoms with Crippen LogP contribution in [0, 0.1) is 16.5 Å². The van der Waals surface area contributed by atoms with E-state index in [0.29, 0.717) is 29.2 Å². The molecule has 3 aromatic rings. The van der Waals surface area contributed by atoms with Crippen LogP contribution in [-0.2, 0) is 0 Å². The minimum absolute atomic E-state index is 0.117. The molecule has 5 nitrogen and oxygen atoms in total. The lowest BCUT2D eigenvalue weighted by atomic mass is 9.87. The Hall–Kier alpha value is -2.77. The van der Waals surface area contributed by atoms with Gasteiger partial charge in [0.25, 0.3) is 5.91 Å². The van der Waals surface area contributed by atoms with Crippen LogP contribution in [0.3, 0.4) is 0 Å². The third-order valence-corrected chi connectivity index (χ3v) is 5.80. The van der Waals surface area contributed by atoms with Gasteiger partial charge in [-0.1, -0.05) is 30.3 Å². The van der Waals surface area contributed by atoms with Gasteiger partial charge in [0.1, 0.15) is 11.5 Å². The van der Waals surface area contributed by atoms with Crippen molar-refractivity contribution in [3.63, 3.8) is 0 Å². The summed E-state index contributed by atoms with van der Waals surface area (Å²) in [6.07, 6.45) is 2.52. The molecule has 150 valence electrons. The Balaban J connectivity index is 1.48. The smallest absolute Gasteiger partial charge is 0.272 e. The first-order chi connectivity index (χ1) is 14.0. The predicted octanol–water partition coefficient (Wildman–Crippen LogP) is 4.26. The molecular weight excluding hydrogens is 389 g/mol. The molecule has 1 atom stereocenters. The van der Waals surface area contributed by atoms with E-state index >= 15 is 0 Å². The molecule has 1 aromatic heterocycles. The van der Waals surface area contributed by atoms with Gasteiger partial charge in [0.15, 0.2) is 4.77 Å². The van der Waals surface area contributed by atoms with Gasteiger partial charge < -0.3 is 15.0 Å². The number of carbonyl (C=O) groups excluding carboxylic acids is 1. The first-order valence-corrected chi connectivity index (χ1v) is 10.0. The van der Waals surface area contributed by atoms with Crippen LogP contribution in [0.4, 0.5) is 4.39 Å². The topological polar surface area (TPSA) is 61.3 Å². The molecule has 2 heterocycles. The molecule has 0 radical (unpaired) electrons. The van der Waals surface area contributed by atoms with Crippen molar-refractivity contribution in [3.05, 3.63) is 82.6 Å². The van der Waals surface area contributed by atoms with Crippen LogP contribution in [0.25, 0.3) is 5.69 Å². The summed E-state index contributed by atoms with van der Waals surface area (Å²) in [5, 5.41) is 10.6. The van der Waals surface area contributed by atoms with Crippen LogP contribution in [0.15, 0.2) is 60.8 Å². The minimum atomic E-state index is -0.524. The molecule has 1 fully saturated rings. The Labute approximate surface area is 173 Å². The van der Waals surface area contributed by atoms with Gasteiger partial charge in [-0.3, -0.25) is 9.36 Å². The maximum absolute atomic E-state index is 13.3. The largest absolute Gasteiger partial charge is 0.388 e. The number of amides is 1. The highest BCUT2D eigenvalue weighted by atomic mass is 32.1. The van der Waals surface area contributed by atoms with Gasteiger partial charge in [-0.15, -0.1) is 0 Å². The zero-order chi connectivity index (χ0) is 20.4. The van der Waals surface area contributed by atoms with Crippen LogP contribution < -0.4 is 0 Å². The first kappa shape index (κ1) is 19.5. The fourth-order valence-corrected chi connectivity index (χ4v) is 4.14. The van der Waals surface area contributed by atoms with Crippen LogP contribution in [0.1, 0.15) is 35.0 Å². The molecule has 1 aliphatic heterocycles. The normalized spacial score (nSPS) is 16.0. The van der Waals surface area contributed by atoms with Gasteiger partial charge >= 0.3 is 0 Å². The van der Waals surface area contributed by atoms with E-state index < -0.39 is 6.10 Å². The summed E-state index contributed by atoms with van der Waals surface area (Å²) in [5.41, 5.74) is 1.96. The SMILES string of the molecule is O=C(c1c[nH]c(=S)n1-c1ccc(F)cc1)N1CCC(C(O)c2ccccc2)CC1. The van der Waals surface area contributed by atoms with E-state index in [-0.39, 0.29) is 17.6 Å². The van der Waals surface area contributed by atoms with Crippen molar-refractivity contribution in [1.82, 2.24) is 14.5 Å². The van der Waals surface area contributed by atoms with Crippen LogP contribution >= 0.6 is 12.2 Å². The lowest BCUT2D eigenvalue weighted by Gasteiger charge is -2.34. The number of nitrogens with zero attached hydrogens (tertiary/aromatic N) is 2. The molecule has 0 bridgehead atoms. The number of piperidine rings is 1. The highest BCUT2D eigenvalue weighted by Crippen LogP contribution is 2.31. The van der Waals surface area contributed by atoms with Crippen molar-refractivity contribution in [2.45, 2.75) is 18.9 Å². The van der Waals surface area contributed by atoms with Crippen LogP contribution in [-0.4, -0.2) is 38.6 Å². The quantitative estimate of drug-likeness (QED) is 0.631. The van der Waals surface area contributed by atoms with Crippen molar-refractivity contribution in [2.75, 3.05) is 13.1 Å². The van der Waals surface area contributed by atoms with Gasteiger partial charge in [-0.25, -0.2) is 4.39 Å². The minimum Gasteiger partial charge on any atom is -0.388 e. The molecule has 1 saturated heterocycles. The van der Waals surface area contributed by atoms with Crippen molar-refractivity contribution < 1.29 is 14.3 Å². The Bertz CT molecular complexity index is 1040. The molecule has 4 rings (SSSR count). The van der Waals surface area contributed by atoms with E-state index in [1.54, 1.807) is 27.8 Å². The molecule has 7 heteroatoms. The monoisotopic (exact) mass is 411 g/mol. The van der Waals surface area contributed by atoms with E-state index in [0.717, 1.165) is 18.4 Å². The summed E-state index contributed by atoms with van der Waals surface area (Å²) in [5.74, 6) is -0.358. The first-order valence-electron chi connectivity index (χ1n) is 9.63. The standard InChI is InChI=1S/C22H22FN3O2S/c23-17-6-8-18(9-7-17)26-19(14-24-22(26)29)21(28)25-12-10-16(11-13-25)20(27)15-4-2-1-3-5-15/h1-9,14,16,20,27H,10-13H2,(H,24,29). The average Bonchev–Trinajstić information content (AvgIpc) is 3.15. The summed E-state index contributed by atoms with van der Waals surface area (Å²) < 4.78 is 15.3. The molecule has 1 unspecified atom stereocenters. The third-order valence-electron chi connectivity index (χ3n) is 5.49. The Morgan fingerprint density at radius 1 is 1.10 bits per heavy atom. The van der Waals surface area contributed by atoms with Gasteiger partial charge in [0, 0.05) is 25.0 Å². The Morgan fingerprint density at radius 2 is 1.76 bits per heavy atom. The number of rotatable bonds is 4. The second-order valence-electron chi connectivity index (χ2n) is 7.28. The van der Waals surface area contributed by atoms with Gasteiger partial charge in [-0.2, -0.15) is 0 Å². The Morgan fingerprint density at radius 3 is 2.41 bits per heavy atom. The molecule has 2 aromatic carbocycles. The zero-order valence-corrected chi connectivity index (χ0v) is 16.6. The van der Waals surface area contributed by atoms with E-state index in [2.05, 4.69) is 4.98 Å². The van der Waals surface area contributed by atoms with Crippen LogP contribution in [0.2, 0.25) is 0 Å². The predicted molar refractivity (Wildman–Crippen MR) is 111 cm³/mol. The van der Waals surface area contributed by atoms with Crippen molar-refractivity contribution in [3.8, 4) is 5.69 Å². The number of likely N-dealkylation sites (tertiary alicyclic amines) is 1. The van der Waals surface area contributed by atoms with Gasteiger partial charge in [0.05, 0.1) is 6.10 Å². The lowest BCUT2D eigenvalue weighted by Crippen LogP contribution is -2.40. The van der Waals surface area contributed by atoms with Crippen LogP contribution in [0.5, 0.6) is 0 Å². The lowest BCUT2D eigenvalue weighted by molar-refractivity contribution is 0.0457. The van der Waals surface area contributed by atoms with Crippen molar-refractivity contribution >= 4 is 18.1 Å². The number of benzene rings is 2. The number of carbonyl (C=O) groups is 1. The number of aliphatic hydroxyl groups excluding tert-OH is 1. The number of aliphatic hydroxyl groups is 1. The number of hydrogen-bond acceptors (Lipinski definition) is 3. The molecule has 1 amide bonds.